The molecule has 0 saturated heterocycles. The number of aliphatic hydroxyl groups is 1. The SMILES string of the molecule is Br.N#Cc1ccccc1CO. The average Bonchev–Trinajstić information content (AvgIpc) is 2.04. The monoisotopic (exact) mass is 213 g/mol. The van der Waals surface area contributed by atoms with Crippen LogP contribution in [-0.4, -0.2) is 5.11 Å². The van der Waals surface area contributed by atoms with Gasteiger partial charge in [-0.15, -0.1) is 17.0 Å². The molecule has 1 aromatic carbocycles. The van der Waals surface area contributed by atoms with E-state index in [2.05, 4.69) is 0 Å². The number of rotatable bonds is 1. The second-order valence-electron chi connectivity index (χ2n) is 1.93. The Hall–Kier alpha value is -0.850. The van der Waals surface area contributed by atoms with Crippen molar-refractivity contribution in [1.29, 1.82) is 5.26 Å². The molecule has 0 bridgehead atoms. The maximum absolute atomic E-state index is 8.70. The minimum atomic E-state index is -0.0657. The van der Waals surface area contributed by atoms with Crippen LogP contribution in [0.5, 0.6) is 0 Å². The summed E-state index contributed by atoms with van der Waals surface area (Å²) in [6, 6.07) is 8.98. The van der Waals surface area contributed by atoms with Crippen LogP contribution in [0.3, 0.4) is 0 Å². The van der Waals surface area contributed by atoms with E-state index in [0.717, 1.165) is 0 Å². The van der Waals surface area contributed by atoms with E-state index in [0.29, 0.717) is 11.1 Å². The normalized spacial score (nSPS) is 8.00. The van der Waals surface area contributed by atoms with Gasteiger partial charge in [0.1, 0.15) is 0 Å². The molecule has 11 heavy (non-hydrogen) atoms. The quantitative estimate of drug-likeness (QED) is 0.771. The lowest BCUT2D eigenvalue weighted by molar-refractivity contribution is 0.281. The van der Waals surface area contributed by atoms with Crippen LogP contribution in [0.4, 0.5) is 0 Å². The standard InChI is InChI=1S/C8H7NO.BrH/c9-5-7-3-1-2-4-8(7)6-10;/h1-4,10H,6H2;1H. The van der Waals surface area contributed by atoms with Gasteiger partial charge in [-0.25, -0.2) is 0 Å². The van der Waals surface area contributed by atoms with Crippen LogP contribution in [0.25, 0.3) is 0 Å². The molecule has 0 aliphatic heterocycles. The Morgan fingerprint density at radius 3 is 2.45 bits per heavy atom. The zero-order valence-corrected chi connectivity index (χ0v) is 7.53. The van der Waals surface area contributed by atoms with Gasteiger partial charge in [0.25, 0.3) is 0 Å². The number of halogens is 1. The summed E-state index contributed by atoms with van der Waals surface area (Å²) in [7, 11) is 0. The molecule has 0 atom stereocenters. The Balaban J connectivity index is 0.000001000. The van der Waals surface area contributed by atoms with Crippen molar-refractivity contribution in [2.75, 3.05) is 0 Å². The number of nitrogens with zero attached hydrogens (tertiary/aromatic N) is 1. The maximum atomic E-state index is 8.70. The van der Waals surface area contributed by atoms with Gasteiger partial charge in [0.15, 0.2) is 0 Å². The molecule has 0 aromatic heterocycles. The van der Waals surface area contributed by atoms with Crippen molar-refractivity contribution >= 4 is 17.0 Å². The van der Waals surface area contributed by atoms with Gasteiger partial charge in [0.05, 0.1) is 18.2 Å². The summed E-state index contributed by atoms with van der Waals surface area (Å²) in [6.07, 6.45) is 0. The van der Waals surface area contributed by atoms with Gasteiger partial charge >= 0.3 is 0 Å². The van der Waals surface area contributed by atoms with Gasteiger partial charge < -0.3 is 5.11 Å². The molecule has 1 rings (SSSR count). The van der Waals surface area contributed by atoms with Crippen molar-refractivity contribution in [1.82, 2.24) is 0 Å². The lowest BCUT2D eigenvalue weighted by Gasteiger charge is -1.95. The Morgan fingerprint density at radius 2 is 2.00 bits per heavy atom. The minimum Gasteiger partial charge on any atom is -0.392 e. The lowest BCUT2D eigenvalue weighted by Crippen LogP contribution is -1.86. The second kappa shape index (κ2) is 4.89. The fraction of sp³-hybridized carbons (Fsp3) is 0.125. The molecular weight excluding hydrogens is 206 g/mol. The molecule has 0 fully saturated rings. The van der Waals surface area contributed by atoms with Crippen LogP contribution in [0.15, 0.2) is 24.3 Å². The highest BCUT2D eigenvalue weighted by molar-refractivity contribution is 8.93. The van der Waals surface area contributed by atoms with Gasteiger partial charge in [0, 0.05) is 0 Å². The van der Waals surface area contributed by atoms with Crippen LogP contribution in [0.2, 0.25) is 0 Å². The zero-order valence-electron chi connectivity index (χ0n) is 5.82. The molecule has 0 heterocycles. The van der Waals surface area contributed by atoms with E-state index >= 15 is 0 Å². The number of benzene rings is 1. The van der Waals surface area contributed by atoms with Gasteiger partial charge in [0.2, 0.25) is 0 Å². The number of nitriles is 1. The van der Waals surface area contributed by atoms with E-state index in [4.69, 9.17) is 10.4 Å². The summed E-state index contributed by atoms with van der Waals surface area (Å²) in [6.45, 7) is -0.0657. The molecule has 0 aliphatic rings. The third-order valence-corrected chi connectivity index (χ3v) is 1.31. The van der Waals surface area contributed by atoms with Crippen LogP contribution in [-0.2, 0) is 6.61 Å². The van der Waals surface area contributed by atoms with E-state index < -0.39 is 0 Å². The van der Waals surface area contributed by atoms with Crippen molar-refractivity contribution in [2.45, 2.75) is 6.61 Å². The van der Waals surface area contributed by atoms with E-state index in [-0.39, 0.29) is 23.6 Å². The highest BCUT2D eigenvalue weighted by Gasteiger charge is 1.95. The first-order valence-corrected chi connectivity index (χ1v) is 2.97. The molecule has 1 aromatic rings. The van der Waals surface area contributed by atoms with E-state index in [1.807, 2.05) is 6.07 Å². The molecule has 0 spiro atoms. The predicted molar refractivity (Wildman–Crippen MR) is 47.4 cm³/mol. The molecule has 0 aliphatic carbocycles. The Labute approximate surface area is 75.9 Å². The fourth-order valence-corrected chi connectivity index (χ4v) is 0.767. The van der Waals surface area contributed by atoms with E-state index in [9.17, 15) is 0 Å². The van der Waals surface area contributed by atoms with Crippen LogP contribution < -0.4 is 0 Å². The highest BCUT2D eigenvalue weighted by atomic mass is 79.9. The molecule has 0 saturated carbocycles. The summed E-state index contributed by atoms with van der Waals surface area (Å²) in [5, 5.41) is 17.2. The van der Waals surface area contributed by atoms with Gasteiger partial charge in [-0.05, 0) is 11.6 Å². The summed E-state index contributed by atoms with van der Waals surface area (Å²) < 4.78 is 0. The number of hydrogen-bond donors (Lipinski definition) is 1. The number of aliphatic hydroxyl groups excluding tert-OH is 1. The molecule has 0 amide bonds. The van der Waals surface area contributed by atoms with Gasteiger partial charge in [-0.1, -0.05) is 18.2 Å². The first-order valence-electron chi connectivity index (χ1n) is 2.97. The molecule has 1 N–H and O–H groups in total. The smallest absolute Gasteiger partial charge is 0.0995 e. The van der Waals surface area contributed by atoms with Crippen molar-refractivity contribution in [2.24, 2.45) is 0 Å². The molecule has 2 nitrogen and oxygen atoms in total. The summed E-state index contributed by atoms with van der Waals surface area (Å²) in [5.74, 6) is 0. The fourth-order valence-electron chi connectivity index (χ4n) is 0.767. The van der Waals surface area contributed by atoms with Crippen molar-refractivity contribution in [3.05, 3.63) is 35.4 Å². The van der Waals surface area contributed by atoms with E-state index in [1.165, 1.54) is 0 Å². The molecule has 0 radical (unpaired) electrons. The number of hydrogen-bond acceptors (Lipinski definition) is 2. The van der Waals surface area contributed by atoms with Gasteiger partial charge in [-0.2, -0.15) is 5.26 Å². The third kappa shape index (κ3) is 2.34. The first-order chi connectivity index (χ1) is 4.88. The Bertz CT molecular complexity index is 267. The summed E-state index contributed by atoms with van der Waals surface area (Å²) in [4.78, 5) is 0. The molecule has 58 valence electrons. The zero-order chi connectivity index (χ0) is 7.40. The second-order valence-corrected chi connectivity index (χ2v) is 1.93. The first kappa shape index (κ1) is 10.2. The Morgan fingerprint density at radius 1 is 1.36 bits per heavy atom. The lowest BCUT2D eigenvalue weighted by atomic mass is 10.1. The largest absolute Gasteiger partial charge is 0.392 e. The highest BCUT2D eigenvalue weighted by Crippen LogP contribution is 2.05. The molecular formula is C8H8BrNO. The predicted octanol–water partition coefficient (Wildman–Crippen LogP) is 1.63. The van der Waals surface area contributed by atoms with Crippen molar-refractivity contribution < 1.29 is 5.11 Å². The summed E-state index contributed by atoms with van der Waals surface area (Å²) in [5.41, 5.74) is 1.23. The summed E-state index contributed by atoms with van der Waals surface area (Å²) >= 11 is 0. The molecule has 0 unspecified atom stereocenters. The topological polar surface area (TPSA) is 44.0 Å². The van der Waals surface area contributed by atoms with Crippen molar-refractivity contribution in [3.63, 3.8) is 0 Å². The van der Waals surface area contributed by atoms with E-state index in [1.54, 1.807) is 24.3 Å². The Kier molecular flexibility index (Phi) is 4.51. The maximum Gasteiger partial charge on any atom is 0.0995 e. The van der Waals surface area contributed by atoms with Crippen molar-refractivity contribution in [3.8, 4) is 6.07 Å². The van der Waals surface area contributed by atoms with Crippen LogP contribution in [0.1, 0.15) is 11.1 Å². The van der Waals surface area contributed by atoms with Crippen LogP contribution >= 0.6 is 17.0 Å². The van der Waals surface area contributed by atoms with Crippen LogP contribution in [0, 0.1) is 11.3 Å². The minimum absolute atomic E-state index is 0. The molecule has 3 heteroatoms. The average molecular weight is 214 g/mol. The third-order valence-electron chi connectivity index (χ3n) is 1.31. The van der Waals surface area contributed by atoms with Gasteiger partial charge in [-0.3, -0.25) is 0 Å².